The van der Waals surface area contributed by atoms with Crippen LogP contribution in [0.2, 0.25) is 0 Å². The molecule has 2 aliphatic heterocycles. The van der Waals surface area contributed by atoms with Gasteiger partial charge in [-0.05, 0) is 67.8 Å². The van der Waals surface area contributed by atoms with Crippen molar-refractivity contribution in [1.82, 2.24) is 9.80 Å². The van der Waals surface area contributed by atoms with Crippen LogP contribution in [0.5, 0.6) is 0 Å². The number of benzene rings is 1. The van der Waals surface area contributed by atoms with Crippen molar-refractivity contribution < 1.29 is 9.13 Å². The molecule has 138 valence electrons. The summed E-state index contributed by atoms with van der Waals surface area (Å²) in [4.78, 5) is 5.06. The number of rotatable bonds is 8. The van der Waals surface area contributed by atoms with Crippen molar-refractivity contribution in [3.05, 3.63) is 35.6 Å². The average molecular weight is 346 g/mol. The van der Waals surface area contributed by atoms with Gasteiger partial charge >= 0.3 is 0 Å². The Labute approximate surface area is 151 Å². The van der Waals surface area contributed by atoms with Gasteiger partial charge < -0.3 is 9.64 Å². The van der Waals surface area contributed by atoms with Crippen LogP contribution in [-0.2, 0) is 11.3 Å². The van der Waals surface area contributed by atoms with Crippen LogP contribution in [0.15, 0.2) is 24.3 Å². The van der Waals surface area contributed by atoms with Crippen molar-refractivity contribution in [2.75, 3.05) is 45.9 Å². The molecule has 1 saturated carbocycles. The van der Waals surface area contributed by atoms with Gasteiger partial charge in [-0.3, -0.25) is 4.90 Å². The van der Waals surface area contributed by atoms with Gasteiger partial charge in [-0.15, -0.1) is 0 Å². The minimum absolute atomic E-state index is 0.127. The van der Waals surface area contributed by atoms with Crippen molar-refractivity contribution in [3.63, 3.8) is 0 Å². The summed E-state index contributed by atoms with van der Waals surface area (Å²) in [5.74, 6) is 2.28. The van der Waals surface area contributed by atoms with Gasteiger partial charge in [0.05, 0.1) is 6.61 Å². The maximum Gasteiger partial charge on any atom is 0.123 e. The van der Waals surface area contributed by atoms with E-state index >= 15 is 0 Å². The first-order valence-corrected chi connectivity index (χ1v) is 10.1. The quantitative estimate of drug-likeness (QED) is 0.671. The highest BCUT2D eigenvalue weighted by molar-refractivity contribution is 5.17. The fraction of sp³-hybridized carbons (Fsp3) is 0.714. The second-order valence-electron chi connectivity index (χ2n) is 8.15. The Kier molecular flexibility index (Phi) is 5.69. The van der Waals surface area contributed by atoms with Crippen molar-refractivity contribution in [2.24, 2.45) is 17.8 Å². The standard InChI is InChI=1S/C21H31FN2O/c22-18-7-4-6-17(12-18)13-24-14-19-20(15-24)21(19)16-25-11-5-10-23-8-2-1-3-9-23/h4,6-7,12,19-21H,1-3,5,8-11,13-16H2/t19-,20+,21?. The minimum Gasteiger partial charge on any atom is -0.381 e. The molecule has 2 heterocycles. The summed E-state index contributed by atoms with van der Waals surface area (Å²) in [6.07, 6.45) is 5.33. The summed E-state index contributed by atoms with van der Waals surface area (Å²) in [5, 5.41) is 0. The van der Waals surface area contributed by atoms with Crippen LogP contribution < -0.4 is 0 Å². The van der Waals surface area contributed by atoms with Crippen molar-refractivity contribution in [1.29, 1.82) is 0 Å². The highest BCUT2D eigenvalue weighted by Gasteiger charge is 2.55. The van der Waals surface area contributed by atoms with Gasteiger partial charge in [0, 0.05) is 32.8 Å². The Morgan fingerprint density at radius 1 is 1.04 bits per heavy atom. The Balaban J connectivity index is 1.08. The average Bonchev–Trinajstić information content (AvgIpc) is 3.07. The van der Waals surface area contributed by atoms with E-state index in [0.29, 0.717) is 0 Å². The number of fused-ring (bicyclic) bond motifs is 1. The van der Waals surface area contributed by atoms with E-state index in [1.54, 1.807) is 6.07 Å². The van der Waals surface area contributed by atoms with Gasteiger partial charge in [0.25, 0.3) is 0 Å². The van der Waals surface area contributed by atoms with Crippen LogP contribution in [0.3, 0.4) is 0 Å². The lowest BCUT2D eigenvalue weighted by atomic mass is 10.1. The number of hydrogen-bond acceptors (Lipinski definition) is 3. The lowest BCUT2D eigenvalue weighted by Gasteiger charge is -2.26. The van der Waals surface area contributed by atoms with Crippen LogP contribution in [0.4, 0.5) is 4.39 Å². The highest BCUT2D eigenvalue weighted by Crippen LogP contribution is 2.51. The molecule has 1 aromatic carbocycles. The SMILES string of the molecule is Fc1cccc(CN2C[C@@H]3C(COCCCN4CCCCC4)[C@@H]3C2)c1. The normalized spacial score (nSPS) is 29.7. The topological polar surface area (TPSA) is 15.7 Å². The van der Waals surface area contributed by atoms with E-state index in [9.17, 15) is 4.39 Å². The van der Waals surface area contributed by atoms with Gasteiger partial charge in [-0.25, -0.2) is 4.39 Å². The molecule has 0 bridgehead atoms. The Hall–Kier alpha value is -0.970. The minimum atomic E-state index is -0.127. The third-order valence-electron chi connectivity index (χ3n) is 6.26. The summed E-state index contributed by atoms with van der Waals surface area (Å²) < 4.78 is 19.2. The zero-order valence-electron chi connectivity index (χ0n) is 15.2. The molecule has 0 radical (unpaired) electrons. The summed E-state index contributed by atoms with van der Waals surface area (Å²) in [5.41, 5.74) is 1.09. The molecule has 4 heteroatoms. The number of nitrogens with zero attached hydrogens (tertiary/aromatic N) is 2. The van der Waals surface area contributed by atoms with Crippen molar-refractivity contribution in [3.8, 4) is 0 Å². The zero-order valence-corrected chi connectivity index (χ0v) is 15.2. The highest BCUT2D eigenvalue weighted by atomic mass is 19.1. The number of hydrogen-bond donors (Lipinski definition) is 0. The van der Waals surface area contributed by atoms with E-state index in [2.05, 4.69) is 9.80 Å². The summed E-state index contributed by atoms with van der Waals surface area (Å²) >= 11 is 0. The maximum absolute atomic E-state index is 13.3. The van der Waals surface area contributed by atoms with Gasteiger partial charge in [0.2, 0.25) is 0 Å². The van der Waals surface area contributed by atoms with Crippen molar-refractivity contribution >= 4 is 0 Å². The molecule has 0 N–H and O–H groups in total. The Bertz CT molecular complexity index is 549. The molecule has 3 atom stereocenters. The largest absolute Gasteiger partial charge is 0.381 e. The van der Waals surface area contributed by atoms with E-state index < -0.39 is 0 Å². The van der Waals surface area contributed by atoms with Crippen LogP contribution >= 0.6 is 0 Å². The molecule has 25 heavy (non-hydrogen) atoms. The summed E-state index contributed by atoms with van der Waals surface area (Å²) in [6, 6.07) is 7.01. The fourth-order valence-electron chi connectivity index (χ4n) is 4.80. The molecule has 4 rings (SSSR count). The van der Waals surface area contributed by atoms with Crippen LogP contribution in [0.25, 0.3) is 0 Å². The molecule has 1 unspecified atom stereocenters. The van der Waals surface area contributed by atoms with Crippen LogP contribution in [0.1, 0.15) is 31.2 Å². The molecule has 0 spiro atoms. The number of likely N-dealkylation sites (tertiary alicyclic amines) is 2. The van der Waals surface area contributed by atoms with Crippen LogP contribution in [0, 0.1) is 23.6 Å². The maximum atomic E-state index is 13.3. The monoisotopic (exact) mass is 346 g/mol. The number of halogens is 1. The molecule has 3 fully saturated rings. The molecule has 0 aromatic heterocycles. The first kappa shape index (κ1) is 17.4. The lowest BCUT2D eigenvalue weighted by Crippen LogP contribution is -2.31. The molecule has 1 aliphatic carbocycles. The van der Waals surface area contributed by atoms with Gasteiger partial charge in [-0.2, -0.15) is 0 Å². The Morgan fingerprint density at radius 2 is 1.84 bits per heavy atom. The summed E-state index contributed by atoms with van der Waals surface area (Å²) in [7, 11) is 0. The van der Waals surface area contributed by atoms with E-state index in [-0.39, 0.29) is 5.82 Å². The molecule has 1 aromatic rings. The molecule has 0 amide bonds. The van der Waals surface area contributed by atoms with Gasteiger partial charge in [0.1, 0.15) is 5.82 Å². The number of ether oxygens (including phenoxy) is 1. The van der Waals surface area contributed by atoms with Gasteiger partial charge in [0.15, 0.2) is 0 Å². The fourth-order valence-corrected chi connectivity index (χ4v) is 4.80. The first-order chi connectivity index (χ1) is 12.3. The first-order valence-electron chi connectivity index (χ1n) is 10.1. The molecular formula is C21H31FN2O. The predicted molar refractivity (Wildman–Crippen MR) is 97.9 cm³/mol. The third-order valence-corrected chi connectivity index (χ3v) is 6.26. The molecule has 3 aliphatic rings. The molecule has 2 saturated heterocycles. The van der Waals surface area contributed by atoms with Crippen molar-refractivity contribution in [2.45, 2.75) is 32.2 Å². The third kappa shape index (κ3) is 4.60. The number of piperidine rings is 2. The zero-order chi connectivity index (χ0) is 17.1. The smallest absolute Gasteiger partial charge is 0.123 e. The van der Waals surface area contributed by atoms with Gasteiger partial charge in [-0.1, -0.05) is 18.6 Å². The second kappa shape index (κ2) is 8.15. The van der Waals surface area contributed by atoms with E-state index in [1.807, 2.05) is 12.1 Å². The van der Waals surface area contributed by atoms with E-state index in [0.717, 1.165) is 56.2 Å². The van der Waals surface area contributed by atoms with E-state index in [1.165, 1.54) is 51.4 Å². The van der Waals surface area contributed by atoms with Crippen LogP contribution in [-0.4, -0.2) is 55.7 Å². The Morgan fingerprint density at radius 3 is 2.60 bits per heavy atom. The second-order valence-corrected chi connectivity index (χ2v) is 8.15. The lowest BCUT2D eigenvalue weighted by molar-refractivity contribution is 0.0967. The molecular weight excluding hydrogens is 315 g/mol. The predicted octanol–water partition coefficient (Wildman–Crippen LogP) is 3.40. The van der Waals surface area contributed by atoms with E-state index in [4.69, 9.17) is 4.74 Å². The molecule has 3 nitrogen and oxygen atoms in total. The summed E-state index contributed by atoms with van der Waals surface area (Å²) in [6.45, 7) is 8.84.